The predicted molar refractivity (Wildman–Crippen MR) is 80.3 cm³/mol. The van der Waals surface area contributed by atoms with Gasteiger partial charge in [0.15, 0.2) is 0 Å². The first-order chi connectivity index (χ1) is 10.1. The summed E-state index contributed by atoms with van der Waals surface area (Å²) < 4.78 is 33.0. The van der Waals surface area contributed by atoms with E-state index < -0.39 is 10.0 Å². The smallest absolute Gasteiger partial charge is 0.276 e. The van der Waals surface area contributed by atoms with Crippen molar-refractivity contribution < 1.29 is 12.8 Å². The van der Waals surface area contributed by atoms with Crippen molar-refractivity contribution >= 4 is 10.0 Å². The third kappa shape index (κ3) is 2.89. The Hall–Kier alpha value is -0.850. The highest BCUT2D eigenvalue weighted by Gasteiger charge is 2.41. The molecule has 118 valence electrons. The number of furan rings is 1. The van der Waals surface area contributed by atoms with Gasteiger partial charge >= 0.3 is 0 Å². The summed E-state index contributed by atoms with van der Waals surface area (Å²) in [5, 5.41) is 3.07. The van der Waals surface area contributed by atoms with Crippen molar-refractivity contribution in [3.63, 3.8) is 0 Å². The molecule has 0 aromatic carbocycles. The van der Waals surface area contributed by atoms with E-state index in [1.54, 1.807) is 16.4 Å². The molecule has 1 aromatic heterocycles. The van der Waals surface area contributed by atoms with E-state index in [1.165, 1.54) is 19.3 Å². The summed E-state index contributed by atoms with van der Waals surface area (Å²) in [5.41, 5.74) is 0. The Bertz CT molecular complexity index is 579. The van der Waals surface area contributed by atoms with Gasteiger partial charge in [-0.25, -0.2) is 8.42 Å². The minimum absolute atomic E-state index is 0.0963. The molecule has 2 fully saturated rings. The Balaban J connectivity index is 1.85. The molecule has 1 saturated carbocycles. The summed E-state index contributed by atoms with van der Waals surface area (Å²) in [4.78, 5) is 0. The molecule has 0 bridgehead atoms. The van der Waals surface area contributed by atoms with Crippen LogP contribution in [0.2, 0.25) is 0 Å². The lowest BCUT2D eigenvalue weighted by molar-refractivity contribution is 0.127. The Labute approximate surface area is 126 Å². The summed E-state index contributed by atoms with van der Waals surface area (Å²) in [6, 6.07) is 3.51. The van der Waals surface area contributed by atoms with Crippen LogP contribution in [-0.2, 0) is 16.6 Å². The molecule has 1 aliphatic heterocycles. The molecule has 2 atom stereocenters. The molecule has 5 nitrogen and oxygen atoms in total. The first-order valence-corrected chi connectivity index (χ1v) is 9.32. The summed E-state index contributed by atoms with van der Waals surface area (Å²) in [6.07, 6.45) is 6.66. The highest BCUT2D eigenvalue weighted by Crippen LogP contribution is 2.38. The topological polar surface area (TPSA) is 62.6 Å². The van der Waals surface area contributed by atoms with Crippen LogP contribution in [-0.4, -0.2) is 32.4 Å². The highest BCUT2D eigenvalue weighted by molar-refractivity contribution is 7.89. The van der Waals surface area contributed by atoms with Crippen molar-refractivity contribution in [1.82, 2.24) is 9.62 Å². The molecule has 0 spiro atoms. The second-order valence-electron chi connectivity index (χ2n) is 6.12. The Morgan fingerprint density at radius 3 is 2.81 bits per heavy atom. The lowest BCUT2D eigenvalue weighted by Gasteiger charge is -2.42. The van der Waals surface area contributed by atoms with E-state index in [1.807, 2.05) is 7.05 Å². The van der Waals surface area contributed by atoms with Crippen molar-refractivity contribution in [3.05, 3.63) is 17.9 Å². The third-order valence-corrected chi connectivity index (χ3v) is 6.54. The van der Waals surface area contributed by atoms with Gasteiger partial charge in [0.25, 0.3) is 10.0 Å². The fourth-order valence-electron chi connectivity index (χ4n) is 3.76. The van der Waals surface area contributed by atoms with Gasteiger partial charge in [-0.2, -0.15) is 4.31 Å². The van der Waals surface area contributed by atoms with E-state index in [0.29, 0.717) is 24.8 Å². The average molecular weight is 312 g/mol. The van der Waals surface area contributed by atoms with E-state index in [-0.39, 0.29) is 11.1 Å². The van der Waals surface area contributed by atoms with Gasteiger partial charge < -0.3 is 9.73 Å². The summed E-state index contributed by atoms with van der Waals surface area (Å²) >= 11 is 0. The van der Waals surface area contributed by atoms with Crippen LogP contribution < -0.4 is 5.32 Å². The molecule has 1 saturated heterocycles. The molecule has 0 amide bonds. The molecule has 2 heterocycles. The molecule has 2 aliphatic rings. The zero-order valence-electron chi connectivity index (χ0n) is 12.5. The molecule has 3 rings (SSSR count). The van der Waals surface area contributed by atoms with Gasteiger partial charge in [0.05, 0.1) is 6.54 Å². The maximum Gasteiger partial charge on any atom is 0.276 e. The first-order valence-electron chi connectivity index (χ1n) is 7.88. The van der Waals surface area contributed by atoms with Crippen molar-refractivity contribution in [3.8, 4) is 0 Å². The fourth-order valence-corrected chi connectivity index (χ4v) is 5.45. The van der Waals surface area contributed by atoms with Crippen molar-refractivity contribution in [2.75, 3.05) is 13.6 Å². The molecule has 21 heavy (non-hydrogen) atoms. The van der Waals surface area contributed by atoms with Gasteiger partial charge in [-0.05, 0) is 50.8 Å². The average Bonchev–Trinajstić information content (AvgIpc) is 2.96. The predicted octanol–water partition coefficient (Wildman–Crippen LogP) is 2.34. The van der Waals surface area contributed by atoms with Gasteiger partial charge in [0.1, 0.15) is 5.76 Å². The quantitative estimate of drug-likeness (QED) is 0.927. The van der Waals surface area contributed by atoms with Crippen LogP contribution in [0, 0.1) is 5.92 Å². The number of fused-ring (bicyclic) bond motifs is 1. The lowest BCUT2D eigenvalue weighted by atomic mass is 9.79. The number of hydrogen-bond donors (Lipinski definition) is 1. The van der Waals surface area contributed by atoms with E-state index in [2.05, 4.69) is 5.32 Å². The summed E-state index contributed by atoms with van der Waals surface area (Å²) in [6.45, 7) is 1.17. The number of piperidine rings is 1. The standard InChI is InChI=1S/C15H24N2O3S/c1-16-11-13-8-9-15(20-13)21(18,19)17-10-4-6-12-5-2-3-7-14(12)17/h8-9,12,14,16H,2-7,10-11H2,1H3/t12-,14-/m1/s1. The van der Waals surface area contributed by atoms with Crippen molar-refractivity contribution in [1.29, 1.82) is 0 Å². The van der Waals surface area contributed by atoms with Crippen molar-refractivity contribution in [2.45, 2.75) is 56.2 Å². The van der Waals surface area contributed by atoms with E-state index in [9.17, 15) is 8.42 Å². The third-order valence-electron chi connectivity index (χ3n) is 4.74. The van der Waals surface area contributed by atoms with Gasteiger partial charge in [-0.1, -0.05) is 12.8 Å². The number of rotatable bonds is 4. The summed E-state index contributed by atoms with van der Waals surface area (Å²) in [7, 11) is -1.68. The van der Waals surface area contributed by atoms with Gasteiger partial charge in [0, 0.05) is 12.6 Å². The minimum atomic E-state index is -3.49. The number of sulfonamides is 1. The number of nitrogens with zero attached hydrogens (tertiary/aromatic N) is 1. The SMILES string of the molecule is CNCc1ccc(S(=O)(=O)N2CCC[C@H]3CCCC[C@H]32)o1. The Morgan fingerprint density at radius 2 is 2.00 bits per heavy atom. The maximum atomic E-state index is 12.9. The zero-order chi connectivity index (χ0) is 14.9. The van der Waals surface area contributed by atoms with Crippen LogP contribution >= 0.6 is 0 Å². The highest BCUT2D eigenvalue weighted by atomic mass is 32.2. The van der Waals surface area contributed by atoms with E-state index in [0.717, 1.165) is 19.3 Å². The first kappa shape index (κ1) is 15.1. The summed E-state index contributed by atoms with van der Waals surface area (Å²) in [5.74, 6) is 1.20. The van der Waals surface area contributed by atoms with Crippen LogP contribution in [0.4, 0.5) is 0 Å². The number of hydrogen-bond acceptors (Lipinski definition) is 4. The normalized spacial score (nSPS) is 27.5. The van der Waals surface area contributed by atoms with Gasteiger partial charge in [-0.3, -0.25) is 0 Å². The Morgan fingerprint density at radius 1 is 1.24 bits per heavy atom. The maximum absolute atomic E-state index is 12.9. The second kappa shape index (κ2) is 6.10. The molecule has 0 radical (unpaired) electrons. The van der Waals surface area contributed by atoms with Crippen LogP contribution in [0.3, 0.4) is 0 Å². The van der Waals surface area contributed by atoms with Crippen LogP contribution in [0.5, 0.6) is 0 Å². The van der Waals surface area contributed by atoms with Crippen LogP contribution in [0.15, 0.2) is 21.6 Å². The van der Waals surface area contributed by atoms with Crippen LogP contribution in [0.1, 0.15) is 44.3 Å². The van der Waals surface area contributed by atoms with E-state index >= 15 is 0 Å². The molecular formula is C15H24N2O3S. The lowest BCUT2D eigenvalue weighted by Crippen LogP contribution is -2.49. The largest absolute Gasteiger partial charge is 0.447 e. The molecule has 1 N–H and O–H groups in total. The second-order valence-corrected chi connectivity index (χ2v) is 7.94. The zero-order valence-corrected chi connectivity index (χ0v) is 13.4. The Kier molecular flexibility index (Phi) is 4.38. The fraction of sp³-hybridized carbons (Fsp3) is 0.733. The monoisotopic (exact) mass is 312 g/mol. The van der Waals surface area contributed by atoms with Gasteiger partial charge in [-0.15, -0.1) is 0 Å². The number of nitrogens with one attached hydrogen (secondary N) is 1. The molecular weight excluding hydrogens is 288 g/mol. The minimum Gasteiger partial charge on any atom is -0.447 e. The molecule has 6 heteroatoms. The molecule has 1 aliphatic carbocycles. The van der Waals surface area contributed by atoms with Crippen LogP contribution in [0.25, 0.3) is 0 Å². The van der Waals surface area contributed by atoms with Crippen molar-refractivity contribution in [2.24, 2.45) is 5.92 Å². The van der Waals surface area contributed by atoms with E-state index in [4.69, 9.17) is 4.42 Å². The molecule has 0 unspecified atom stereocenters. The molecule has 1 aromatic rings. The van der Waals surface area contributed by atoms with Gasteiger partial charge in [0.2, 0.25) is 5.09 Å².